The Morgan fingerprint density at radius 1 is 1.32 bits per heavy atom. The molecule has 0 fully saturated rings. The molecule has 8 heteroatoms. The van der Waals surface area contributed by atoms with Crippen LogP contribution in [0.1, 0.15) is 5.56 Å². The van der Waals surface area contributed by atoms with Crippen LogP contribution in [0.5, 0.6) is 0 Å². The van der Waals surface area contributed by atoms with Crippen LogP contribution in [0.3, 0.4) is 0 Å². The third kappa shape index (κ3) is 3.43. The van der Waals surface area contributed by atoms with Crippen molar-refractivity contribution in [1.82, 2.24) is 9.97 Å². The zero-order chi connectivity index (χ0) is 14.0. The molecule has 0 aliphatic heterocycles. The van der Waals surface area contributed by atoms with Gasteiger partial charge >= 0.3 is 0 Å². The van der Waals surface area contributed by atoms with E-state index in [1.807, 2.05) is 6.92 Å². The lowest BCUT2D eigenvalue weighted by Gasteiger charge is -2.09. The van der Waals surface area contributed by atoms with E-state index in [1.165, 1.54) is 18.5 Å². The highest BCUT2D eigenvalue weighted by atomic mass is 79.9. The van der Waals surface area contributed by atoms with E-state index in [-0.39, 0.29) is 15.9 Å². The summed E-state index contributed by atoms with van der Waals surface area (Å²) in [6, 6.07) is 4.95. The fourth-order valence-electron chi connectivity index (χ4n) is 1.41. The van der Waals surface area contributed by atoms with Gasteiger partial charge in [0.05, 0.1) is 12.4 Å². The van der Waals surface area contributed by atoms with E-state index in [0.29, 0.717) is 4.47 Å². The second-order valence-electron chi connectivity index (χ2n) is 3.77. The molecular weight excluding hydrogens is 354 g/mol. The number of benzene rings is 1. The van der Waals surface area contributed by atoms with Gasteiger partial charge in [-0.2, -0.15) is 0 Å². The van der Waals surface area contributed by atoms with Crippen molar-refractivity contribution >= 4 is 43.4 Å². The van der Waals surface area contributed by atoms with Crippen LogP contribution < -0.4 is 4.72 Å². The molecular formula is C11H9BrClN3O2S. The van der Waals surface area contributed by atoms with Crippen LogP contribution in [0.25, 0.3) is 0 Å². The zero-order valence-corrected chi connectivity index (χ0v) is 12.9. The second kappa shape index (κ2) is 5.44. The molecule has 0 saturated carbocycles. The molecule has 0 radical (unpaired) electrons. The first kappa shape index (κ1) is 14.2. The third-order valence-corrected chi connectivity index (χ3v) is 4.73. The number of halogens is 2. The summed E-state index contributed by atoms with van der Waals surface area (Å²) in [5.41, 5.74) is 0.952. The predicted molar refractivity (Wildman–Crippen MR) is 76.7 cm³/mol. The van der Waals surface area contributed by atoms with E-state index in [0.717, 1.165) is 5.56 Å². The quantitative estimate of drug-likeness (QED) is 0.911. The van der Waals surface area contributed by atoms with Gasteiger partial charge in [-0.05, 0) is 40.5 Å². The maximum atomic E-state index is 12.2. The van der Waals surface area contributed by atoms with Gasteiger partial charge in [0.25, 0.3) is 10.0 Å². The predicted octanol–water partition coefficient (Wildman–Crippen LogP) is 3.00. The van der Waals surface area contributed by atoms with Crippen molar-refractivity contribution < 1.29 is 8.42 Å². The summed E-state index contributed by atoms with van der Waals surface area (Å²) in [6.07, 6.45) is 2.60. The second-order valence-corrected chi connectivity index (χ2v) is 6.66. The van der Waals surface area contributed by atoms with E-state index >= 15 is 0 Å². The number of sulfonamides is 1. The minimum Gasteiger partial charge on any atom is -0.262 e. The van der Waals surface area contributed by atoms with Crippen LogP contribution >= 0.6 is 27.5 Å². The van der Waals surface area contributed by atoms with Gasteiger partial charge in [0.1, 0.15) is 10.0 Å². The first-order valence-electron chi connectivity index (χ1n) is 5.15. The van der Waals surface area contributed by atoms with Gasteiger partial charge in [-0.1, -0.05) is 17.7 Å². The fourth-order valence-corrected chi connectivity index (χ4v) is 3.73. The third-order valence-electron chi connectivity index (χ3n) is 2.22. The van der Waals surface area contributed by atoms with E-state index < -0.39 is 10.0 Å². The van der Waals surface area contributed by atoms with Crippen LogP contribution in [-0.4, -0.2) is 18.4 Å². The minimum atomic E-state index is -3.74. The Labute approximate surface area is 124 Å². The molecule has 0 unspecified atom stereocenters. The molecule has 0 saturated heterocycles. The maximum absolute atomic E-state index is 12.2. The molecule has 1 aromatic heterocycles. The molecule has 100 valence electrons. The Morgan fingerprint density at radius 2 is 2.05 bits per heavy atom. The lowest BCUT2D eigenvalue weighted by atomic mass is 10.2. The Morgan fingerprint density at radius 3 is 2.68 bits per heavy atom. The topological polar surface area (TPSA) is 72.0 Å². The van der Waals surface area contributed by atoms with Crippen LogP contribution in [-0.2, 0) is 10.0 Å². The first-order chi connectivity index (χ1) is 8.88. The Bertz CT molecular complexity index is 722. The van der Waals surface area contributed by atoms with Crippen molar-refractivity contribution in [2.24, 2.45) is 0 Å². The lowest BCUT2D eigenvalue weighted by Crippen LogP contribution is -2.14. The Hall–Kier alpha value is -1.18. The van der Waals surface area contributed by atoms with Crippen molar-refractivity contribution in [3.05, 3.63) is 45.8 Å². The molecule has 0 atom stereocenters. The summed E-state index contributed by atoms with van der Waals surface area (Å²) in [6.45, 7) is 1.87. The number of nitrogens with zero attached hydrogens (tertiary/aromatic N) is 2. The van der Waals surface area contributed by atoms with Gasteiger partial charge in [0.2, 0.25) is 0 Å². The van der Waals surface area contributed by atoms with Gasteiger partial charge < -0.3 is 0 Å². The van der Waals surface area contributed by atoms with E-state index in [2.05, 4.69) is 30.6 Å². The van der Waals surface area contributed by atoms with Gasteiger partial charge in [-0.3, -0.25) is 9.71 Å². The minimum absolute atomic E-state index is 0.0694. The molecule has 0 aliphatic rings. The normalized spacial score (nSPS) is 11.3. The van der Waals surface area contributed by atoms with Crippen LogP contribution in [0, 0.1) is 6.92 Å². The fraction of sp³-hybridized carbons (Fsp3) is 0.0909. The number of nitrogens with one attached hydrogen (secondary N) is 1. The summed E-state index contributed by atoms with van der Waals surface area (Å²) in [5, 5.41) is 0.114. The highest BCUT2D eigenvalue weighted by Gasteiger charge is 2.18. The maximum Gasteiger partial charge on any atom is 0.264 e. The zero-order valence-electron chi connectivity index (χ0n) is 9.76. The van der Waals surface area contributed by atoms with Crippen molar-refractivity contribution in [2.75, 3.05) is 4.72 Å². The van der Waals surface area contributed by atoms with Gasteiger partial charge in [-0.25, -0.2) is 13.4 Å². The molecule has 0 aliphatic carbocycles. The highest BCUT2D eigenvalue weighted by Crippen LogP contribution is 2.24. The average Bonchev–Trinajstić information content (AvgIpc) is 2.27. The molecule has 0 amide bonds. The van der Waals surface area contributed by atoms with Crippen LogP contribution in [0.15, 0.2) is 40.0 Å². The summed E-state index contributed by atoms with van der Waals surface area (Å²) in [7, 11) is -3.74. The standard InChI is InChI=1S/C11H9BrClN3O2S/c1-7-2-3-9(8(12)4-7)19(17,18)16-11-6-14-5-10(13)15-11/h2-6H,1H3,(H,15,16). The number of aryl methyl sites for hydroxylation is 1. The summed E-state index contributed by atoms with van der Waals surface area (Å²) >= 11 is 8.88. The van der Waals surface area contributed by atoms with Crippen molar-refractivity contribution in [1.29, 1.82) is 0 Å². The highest BCUT2D eigenvalue weighted by molar-refractivity contribution is 9.10. The number of anilines is 1. The Balaban J connectivity index is 2.38. The summed E-state index contributed by atoms with van der Waals surface area (Å²) in [5.74, 6) is 0.0694. The van der Waals surface area contributed by atoms with Gasteiger partial charge in [0, 0.05) is 4.47 Å². The van der Waals surface area contributed by atoms with Gasteiger partial charge in [0.15, 0.2) is 5.82 Å². The molecule has 0 spiro atoms. The van der Waals surface area contributed by atoms with Crippen molar-refractivity contribution in [3.8, 4) is 0 Å². The SMILES string of the molecule is Cc1ccc(S(=O)(=O)Nc2cncc(Cl)n2)c(Br)c1. The molecule has 5 nitrogen and oxygen atoms in total. The Kier molecular flexibility index (Phi) is 4.07. The number of rotatable bonds is 3. The number of hydrogen-bond donors (Lipinski definition) is 1. The van der Waals surface area contributed by atoms with Crippen LogP contribution in [0.2, 0.25) is 5.15 Å². The molecule has 19 heavy (non-hydrogen) atoms. The molecule has 1 aromatic carbocycles. The smallest absolute Gasteiger partial charge is 0.262 e. The van der Waals surface area contributed by atoms with E-state index in [4.69, 9.17) is 11.6 Å². The summed E-state index contributed by atoms with van der Waals surface area (Å²) < 4.78 is 27.2. The molecule has 2 aromatic rings. The first-order valence-corrected chi connectivity index (χ1v) is 7.80. The molecule has 2 rings (SSSR count). The lowest BCUT2D eigenvalue weighted by molar-refractivity contribution is 0.600. The van der Waals surface area contributed by atoms with Crippen molar-refractivity contribution in [3.63, 3.8) is 0 Å². The molecule has 1 heterocycles. The van der Waals surface area contributed by atoms with Crippen molar-refractivity contribution in [2.45, 2.75) is 11.8 Å². The largest absolute Gasteiger partial charge is 0.264 e. The summed E-state index contributed by atoms with van der Waals surface area (Å²) in [4.78, 5) is 7.72. The monoisotopic (exact) mass is 361 g/mol. The molecule has 0 bridgehead atoms. The molecule has 1 N–H and O–H groups in total. The number of aromatic nitrogens is 2. The number of hydrogen-bond acceptors (Lipinski definition) is 4. The van der Waals surface area contributed by atoms with Gasteiger partial charge in [-0.15, -0.1) is 0 Å². The van der Waals surface area contributed by atoms with Crippen LogP contribution in [0.4, 0.5) is 5.82 Å². The van der Waals surface area contributed by atoms with E-state index in [9.17, 15) is 8.42 Å². The van der Waals surface area contributed by atoms with E-state index in [1.54, 1.807) is 12.1 Å². The average molecular weight is 363 g/mol.